The second-order valence-electron chi connectivity index (χ2n) is 10.6. The van der Waals surface area contributed by atoms with E-state index in [2.05, 4.69) is 30.4 Å². The van der Waals surface area contributed by atoms with Crippen LogP contribution in [-0.4, -0.2) is 50.3 Å². The van der Waals surface area contributed by atoms with Crippen molar-refractivity contribution in [2.45, 2.75) is 51.6 Å². The second-order valence-corrected chi connectivity index (χ2v) is 10.6. The zero-order chi connectivity index (χ0) is 22.8. The summed E-state index contributed by atoms with van der Waals surface area (Å²) in [7, 11) is 1.94. The normalized spacial score (nSPS) is 21.1. The molecule has 2 aromatic carbocycles. The lowest BCUT2D eigenvalue weighted by atomic mass is 9.86. The first-order valence-electron chi connectivity index (χ1n) is 12.4. The Morgan fingerprint density at radius 3 is 2.61 bits per heavy atom. The van der Waals surface area contributed by atoms with Crippen LogP contribution in [0.1, 0.15) is 53.2 Å². The molecule has 1 saturated carbocycles. The number of ether oxygens (including phenoxy) is 2. The number of benzene rings is 2. The van der Waals surface area contributed by atoms with Crippen molar-refractivity contribution < 1.29 is 14.3 Å². The van der Waals surface area contributed by atoms with Crippen LogP contribution in [0.2, 0.25) is 0 Å². The van der Waals surface area contributed by atoms with E-state index in [-0.39, 0.29) is 11.9 Å². The van der Waals surface area contributed by atoms with Crippen molar-refractivity contribution in [1.82, 2.24) is 10.2 Å². The molecule has 1 N–H and O–H groups in total. The average Bonchev–Trinajstić information content (AvgIpc) is 3.65. The van der Waals surface area contributed by atoms with Crippen molar-refractivity contribution in [3.63, 3.8) is 0 Å². The van der Waals surface area contributed by atoms with E-state index < -0.39 is 0 Å². The highest BCUT2D eigenvalue weighted by Gasteiger charge is 2.32. The first-order chi connectivity index (χ1) is 16.0. The first-order valence-corrected chi connectivity index (χ1v) is 12.4. The van der Waals surface area contributed by atoms with Crippen LogP contribution < -0.4 is 10.1 Å². The van der Waals surface area contributed by atoms with Crippen LogP contribution in [0.15, 0.2) is 42.5 Å². The Morgan fingerprint density at radius 2 is 1.91 bits per heavy atom. The molecule has 1 atom stereocenters. The maximum absolute atomic E-state index is 13.1. The molecule has 1 aliphatic heterocycles. The van der Waals surface area contributed by atoms with E-state index in [9.17, 15) is 4.79 Å². The van der Waals surface area contributed by atoms with Crippen molar-refractivity contribution >= 4 is 5.91 Å². The Kier molecular flexibility index (Phi) is 6.44. The highest BCUT2D eigenvalue weighted by Crippen LogP contribution is 2.30. The van der Waals surface area contributed by atoms with Gasteiger partial charge in [0.1, 0.15) is 5.75 Å². The van der Waals surface area contributed by atoms with Crippen LogP contribution in [0.3, 0.4) is 0 Å². The van der Waals surface area contributed by atoms with Gasteiger partial charge < -0.3 is 19.7 Å². The van der Waals surface area contributed by atoms with E-state index in [4.69, 9.17) is 9.47 Å². The number of amides is 1. The number of hydrogen-bond donors (Lipinski definition) is 1. The van der Waals surface area contributed by atoms with Crippen LogP contribution in [0.4, 0.5) is 0 Å². The third-order valence-corrected chi connectivity index (χ3v) is 7.41. The molecule has 1 heterocycles. The van der Waals surface area contributed by atoms with Gasteiger partial charge in [-0.25, -0.2) is 0 Å². The van der Waals surface area contributed by atoms with Gasteiger partial charge in [-0.1, -0.05) is 25.1 Å². The Bertz CT molecular complexity index is 979. The molecule has 3 aliphatic rings. The summed E-state index contributed by atoms with van der Waals surface area (Å²) in [6.07, 6.45) is 5.50. The summed E-state index contributed by atoms with van der Waals surface area (Å²) in [4.78, 5) is 15.0. The van der Waals surface area contributed by atoms with E-state index >= 15 is 0 Å². The molecule has 176 valence electrons. The topological polar surface area (TPSA) is 50.8 Å². The number of hydrogen-bond acceptors (Lipinski definition) is 4. The molecular formula is C28H36N2O3. The molecule has 0 spiro atoms. The number of rotatable bonds is 9. The highest BCUT2D eigenvalue weighted by atomic mass is 16.5. The number of carbonyl (C=O) groups excluding carboxylic acids is 1. The minimum atomic E-state index is 0.0893. The molecule has 1 amide bonds. The lowest BCUT2D eigenvalue weighted by Gasteiger charge is -2.38. The highest BCUT2D eigenvalue weighted by molar-refractivity contribution is 5.94. The van der Waals surface area contributed by atoms with Crippen LogP contribution in [0.5, 0.6) is 5.75 Å². The maximum Gasteiger partial charge on any atom is 0.253 e. The van der Waals surface area contributed by atoms with E-state index in [1.54, 1.807) is 0 Å². The monoisotopic (exact) mass is 448 g/mol. The van der Waals surface area contributed by atoms with Crippen LogP contribution >= 0.6 is 0 Å². The molecule has 2 fully saturated rings. The number of nitrogens with one attached hydrogen (secondary N) is 1. The Labute approximate surface area is 197 Å². The summed E-state index contributed by atoms with van der Waals surface area (Å²) in [6.45, 7) is 6.66. The molecule has 0 bridgehead atoms. The van der Waals surface area contributed by atoms with Gasteiger partial charge in [-0.15, -0.1) is 0 Å². The van der Waals surface area contributed by atoms with Gasteiger partial charge in [0.15, 0.2) is 0 Å². The van der Waals surface area contributed by atoms with Crippen molar-refractivity contribution in [3.8, 4) is 5.75 Å². The second kappa shape index (κ2) is 9.47. The standard InChI is InChI=1S/C28H36N2O3/c1-28(18-32-19-28)17-29-15-21-5-6-24-14-25(10-7-23(24)13-21)30(2)27(31)22-8-11-26(12-9-22)33-16-20-3-4-20/h5-6,8-9,11-13,20,25,29H,3-4,7,10,14-19H2,1-2H3/t25-/m0/s1. The van der Waals surface area contributed by atoms with Crippen molar-refractivity contribution in [1.29, 1.82) is 0 Å². The predicted molar refractivity (Wildman–Crippen MR) is 130 cm³/mol. The van der Waals surface area contributed by atoms with Crippen molar-refractivity contribution in [2.24, 2.45) is 11.3 Å². The van der Waals surface area contributed by atoms with Gasteiger partial charge in [0.05, 0.1) is 19.8 Å². The van der Waals surface area contributed by atoms with E-state index in [1.165, 1.54) is 29.5 Å². The fourth-order valence-electron chi connectivity index (χ4n) is 4.85. The van der Waals surface area contributed by atoms with Gasteiger partial charge >= 0.3 is 0 Å². The molecule has 2 aromatic rings. The van der Waals surface area contributed by atoms with E-state index in [1.807, 2.05) is 36.2 Å². The number of fused-ring (bicyclic) bond motifs is 1. The minimum absolute atomic E-state index is 0.0893. The SMILES string of the molecule is CN(C(=O)c1ccc(OCC2CC2)cc1)[C@H]1CCc2cc(CNCC3(C)COC3)ccc2C1. The molecule has 5 rings (SSSR count). The van der Waals surface area contributed by atoms with Gasteiger partial charge in [-0.05, 0) is 79.0 Å². The molecule has 5 heteroatoms. The molecule has 2 aliphatic carbocycles. The average molecular weight is 449 g/mol. The summed E-state index contributed by atoms with van der Waals surface area (Å²) in [5.41, 5.74) is 5.17. The quantitative estimate of drug-likeness (QED) is 0.624. The summed E-state index contributed by atoms with van der Waals surface area (Å²) < 4.78 is 11.1. The fraction of sp³-hybridized carbons (Fsp3) is 0.536. The van der Waals surface area contributed by atoms with E-state index in [0.717, 1.165) is 69.4 Å². The Hall–Kier alpha value is -2.37. The maximum atomic E-state index is 13.1. The zero-order valence-corrected chi connectivity index (χ0v) is 19.9. The van der Waals surface area contributed by atoms with Gasteiger partial charge in [-0.3, -0.25) is 4.79 Å². The van der Waals surface area contributed by atoms with Crippen LogP contribution in [0, 0.1) is 11.3 Å². The van der Waals surface area contributed by atoms with Gasteiger partial charge in [0, 0.05) is 37.2 Å². The summed E-state index contributed by atoms with van der Waals surface area (Å²) in [5.74, 6) is 1.67. The van der Waals surface area contributed by atoms with Gasteiger partial charge in [0.2, 0.25) is 0 Å². The molecule has 5 nitrogen and oxygen atoms in total. The molecule has 0 radical (unpaired) electrons. The summed E-state index contributed by atoms with van der Waals surface area (Å²) >= 11 is 0. The number of likely N-dealkylation sites (N-methyl/N-ethyl adjacent to an activating group) is 1. The zero-order valence-electron chi connectivity index (χ0n) is 19.9. The Morgan fingerprint density at radius 1 is 1.12 bits per heavy atom. The summed E-state index contributed by atoms with van der Waals surface area (Å²) in [5, 5.41) is 3.59. The molecule has 1 saturated heterocycles. The Balaban J connectivity index is 1.14. The third kappa shape index (κ3) is 5.42. The largest absolute Gasteiger partial charge is 0.493 e. The molecule has 33 heavy (non-hydrogen) atoms. The fourth-order valence-corrected chi connectivity index (χ4v) is 4.85. The van der Waals surface area contributed by atoms with Gasteiger partial charge in [0.25, 0.3) is 5.91 Å². The van der Waals surface area contributed by atoms with Crippen LogP contribution in [0.25, 0.3) is 0 Å². The van der Waals surface area contributed by atoms with Crippen molar-refractivity contribution in [3.05, 3.63) is 64.7 Å². The number of nitrogens with zero attached hydrogens (tertiary/aromatic N) is 1. The molecule has 0 unspecified atom stereocenters. The lowest BCUT2D eigenvalue weighted by Crippen LogP contribution is -2.47. The van der Waals surface area contributed by atoms with Crippen molar-refractivity contribution in [2.75, 3.05) is 33.4 Å². The number of aryl methyl sites for hydroxylation is 1. The minimum Gasteiger partial charge on any atom is -0.493 e. The smallest absolute Gasteiger partial charge is 0.253 e. The lowest BCUT2D eigenvalue weighted by molar-refractivity contribution is -0.0991. The van der Waals surface area contributed by atoms with Crippen LogP contribution in [-0.2, 0) is 24.1 Å². The number of carbonyl (C=O) groups is 1. The first kappa shape index (κ1) is 22.4. The van der Waals surface area contributed by atoms with Gasteiger partial charge in [-0.2, -0.15) is 0 Å². The summed E-state index contributed by atoms with van der Waals surface area (Å²) in [6, 6.07) is 14.7. The molecular weight excluding hydrogens is 412 g/mol. The van der Waals surface area contributed by atoms with E-state index in [0.29, 0.717) is 5.41 Å². The molecule has 0 aromatic heterocycles. The third-order valence-electron chi connectivity index (χ3n) is 7.41. The predicted octanol–water partition coefficient (Wildman–Crippen LogP) is 4.23.